The van der Waals surface area contributed by atoms with Gasteiger partial charge in [0.15, 0.2) is 0 Å². The van der Waals surface area contributed by atoms with E-state index >= 15 is 0 Å². The third-order valence-corrected chi connectivity index (χ3v) is 2.46. The molecular weight excluding hydrogens is 266 g/mol. The molecule has 0 amide bonds. The van der Waals surface area contributed by atoms with Gasteiger partial charge in [0.05, 0.1) is 11.1 Å². The molecule has 1 aromatic carbocycles. The van der Waals surface area contributed by atoms with E-state index in [2.05, 4.69) is 19.2 Å². The van der Waals surface area contributed by atoms with Crippen LogP contribution in [0.5, 0.6) is 0 Å². The van der Waals surface area contributed by atoms with E-state index in [4.69, 9.17) is 0 Å². The minimum atomic E-state index is -4.89. The van der Waals surface area contributed by atoms with E-state index in [9.17, 15) is 26.3 Å². The second kappa shape index (κ2) is 4.29. The maximum Gasteiger partial charge on any atom is 0.417 e. The highest BCUT2D eigenvalue weighted by Crippen LogP contribution is 2.42. The highest BCUT2D eigenvalue weighted by atomic mass is 32.1. The first-order valence-corrected chi connectivity index (χ1v) is 4.66. The summed E-state index contributed by atoms with van der Waals surface area (Å²) in [6.07, 6.45) is -8.87. The Bertz CT molecular complexity index is 408. The number of rotatable bonds is 1. The molecule has 0 aromatic heterocycles. The maximum atomic E-state index is 12.5. The topological polar surface area (TPSA) is 0 Å². The van der Waals surface area contributed by atoms with Gasteiger partial charge in [-0.1, -0.05) is 12.7 Å². The fourth-order valence-electron chi connectivity index (χ4n) is 1.21. The van der Waals surface area contributed by atoms with Crippen LogP contribution in [0.2, 0.25) is 0 Å². The van der Waals surface area contributed by atoms with Gasteiger partial charge in [-0.3, -0.25) is 0 Å². The molecule has 0 bridgehead atoms. The number of hydrogen-bond donors (Lipinski definition) is 1. The number of benzene rings is 1. The van der Waals surface area contributed by atoms with Gasteiger partial charge in [-0.05, 0) is 17.7 Å². The van der Waals surface area contributed by atoms with E-state index < -0.39 is 28.4 Å². The van der Waals surface area contributed by atoms with Crippen LogP contribution in [0.1, 0.15) is 16.7 Å². The number of alkyl halides is 6. The van der Waals surface area contributed by atoms with E-state index in [0.29, 0.717) is 12.1 Å². The zero-order chi connectivity index (χ0) is 13.4. The first-order valence-electron chi connectivity index (χ1n) is 4.21. The molecule has 0 radical (unpaired) electrons. The van der Waals surface area contributed by atoms with Gasteiger partial charge in [0.2, 0.25) is 0 Å². The summed E-state index contributed by atoms with van der Waals surface area (Å²) in [5.74, 6) is 0. The third-order valence-electron chi connectivity index (χ3n) is 1.98. The minimum absolute atomic E-state index is 0.262. The van der Waals surface area contributed by atoms with Crippen LogP contribution < -0.4 is 0 Å². The predicted octanol–water partition coefficient (Wildman–Crippen LogP) is 4.66. The van der Waals surface area contributed by atoms with Crippen LogP contribution in [0.25, 0.3) is 6.08 Å². The molecule has 0 aliphatic rings. The summed E-state index contributed by atoms with van der Waals surface area (Å²) < 4.78 is 74.9. The zero-order valence-corrected chi connectivity index (χ0v) is 9.05. The number of hydrogen-bond acceptors (Lipinski definition) is 1. The molecule has 0 unspecified atom stereocenters. The highest BCUT2D eigenvalue weighted by molar-refractivity contribution is 7.80. The van der Waals surface area contributed by atoms with Crippen molar-refractivity contribution in [2.75, 3.05) is 0 Å². The van der Waals surface area contributed by atoms with Crippen molar-refractivity contribution in [2.24, 2.45) is 0 Å². The quantitative estimate of drug-likeness (QED) is 0.558. The lowest BCUT2D eigenvalue weighted by Crippen LogP contribution is -2.13. The first-order chi connectivity index (χ1) is 7.57. The van der Waals surface area contributed by atoms with Gasteiger partial charge < -0.3 is 0 Å². The molecule has 0 spiro atoms. The van der Waals surface area contributed by atoms with Gasteiger partial charge in [0.1, 0.15) is 0 Å². The van der Waals surface area contributed by atoms with Gasteiger partial charge in [-0.15, -0.1) is 12.6 Å². The Hall–Kier alpha value is -1.11. The second-order valence-corrected chi connectivity index (χ2v) is 3.61. The van der Waals surface area contributed by atoms with Crippen LogP contribution in [-0.2, 0) is 12.4 Å². The summed E-state index contributed by atoms with van der Waals surface area (Å²) in [7, 11) is 0. The van der Waals surface area contributed by atoms with Crippen LogP contribution in [0.3, 0.4) is 0 Å². The van der Waals surface area contributed by atoms with Crippen molar-refractivity contribution in [3.8, 4) is 0 Å². The van der Waals surface area contributed by atoms with E-state index in [-0.39, 0.29) is 5.56 Å². The monoisotopic (exact) mass is 272 g/mol. The van der Waals surface area contributed by atoms with Crippen molar-refractivity contribution in [2.45, 2.75) is 17.2 Å². The Morgan fingerprint density at radius 2 is 1.29 bits per heavy atom. The third kappa shape index (κ3) is 2.96. The van der Waals surface area contributed by atoms with Crippen molar-refractivity contribution in [3.05, 3.63) is 35.4 Å². The molecule has 0 N–H and O–H groups in total. The lowest BCUT2D eigenvalue weighted by molar-refractivity contribution is -0.147. The molecule has 1 rings (SSSR count). The second-order valence-electron chi connectivity index (χ2n) is 3.16. The zero-order valence-electron chi connectivity index (χ0n) is 8.15. The molecule has 94 valence electrons. The van der Waals surface area contributed by atoms with E-state index in [1.165, 1.54) is 0 Å². The smallest absolute Gasteiger partial charge is 0.166 e. The van der Waals surface area contributed by atoms with Crippen molar-refractivity contribution in [1.29, 1.82) is 0 Å². The highest BCUT2D eigenvalue weighted by Gasteiger charge is 2.40. The Morgan fingerprint density at radius 3 is 1.53 bits per heavy atom. The molecule has 0 aliphatic carbocycles. The molecule has 0 aliphatic heterocycles. The minimum Gasteiger partial charge on any atom is -0.166 e. The number of halogens is 6. The van der Waals surface area contributed by atoms with Crippen LogP contribution >= 0.6 is 12.6 Å². The number of thiol groups is 1. The average molecular weight is 272 g/mol. The summed E-state index contributed by atoms with van der Waals surface area (Å²) in [5, 5.41) is 0. The summed E-state index contributed by atoms with van der Waals surface area (Å²) >= 11 is 3.31. The molecule has 1 aromatic rings. The van der Waals surface area contributed by atoms with Gasteiger partial charge in [-0.2, -0.15) is 26.3 Å². The SMILES string of the molecule is C=Cc1cc(C(F)(F)F)c(S)c(C(F)(F)F)c1. The van der Waals surface area contributed by atoms with Crippen molar-refractivity contribution in [3.63, 3.8) is 0 Å². The fraction of sp³-hybridized carbons (Fsp3) is 0.200. The van der Waals surface area contributed by atoms with E-state index in [0.717, 1.165) is 6.08 Å². The molecule has 0 nitrogen and oxygen atoms in total. The van der Waals surface area contributed by atoms with Crippen molar-refractivity contribution in [1.82, 2.24) is 0 Å². The van der Waals surface area contributed by atoms with Crippen LogP contribution in [0, 0.1) is 0 Å². The molecular formula is C10H6F6S. The molecule has 0 heterocycles. The fourth-order valence-corrected chi connectivity index (χ4v) is 1.59. The van der Waals surface area contributed by atoms with Crippen molar-refractivity contribution >= 4 is 18.7 Å². The molecule has 7 heteroatoms. The standard InChI is InChI=1S/C10H6F6S/c1-2-5-3-6(9(11,12)13)8(17)7(4-5)10(14,15)16/h2-4,17H,1H2. The maximum absolute atomic E-state index is 12.5. The largest absolute Gasteiger partial charge is 0.417 e. The lowest BCUT2D eigenvalue weighted by Gasteiger charge is -2.16. The molecule has 0 atom stereocenters. The normalized spacial score (nSPS) is 12.6. The summed E-state index contributed by atoms with van der Waals surface area (Å²) in [4.78, 5) is -1.13. The lowest BCUT2D eigenvalue weighted by atomic mass is 10.0. The molecule has 0 saturated heterocycles. The predicted molar refractivity (Wildman–Crippen MR) is 53.8 cm³/mol. The Morgan fingerprint density at radius 1 is 0.941 bits per heavy atom. The Labute approximate surface area is 98.3 Å². The van der Waals surface area contributed by atoms with Gasteiger partial charge in [0, 0.05) is 4.90 Å². The summed E-state index contributed by atoms with van der Waals surface area (Å²) in [6.45, 7) is 3.15. The van der Waals surface area contributed by atoms with E-state index in [1.807, 2.05) is 0 Å². The molecule has 0 saturated carbocycles. The molecule has 0 fully saturated rings. The first kappa shape index (κ1) is 14.0. The Balaban J connectivity index is 3.59. The van der Waals surface area contributed by atoms with Gasteiger partial charge in [-0.25, -0.2) is 0 Å². The van der Waals surface area contributed by atoms with Crippen LogP contribution in [-0.4, -0.2) is 0 Å². The van der Waals surface area contributed by atoms with Crippen LogP contribution in [0.15, 0.2) is 23.6 Å². The van der Waals surface area contributed by atoms with E-state index in [1.54, 1.807) is 0 Å². The van der Waals surface area contributed by atoms with Gasteiger partial charge in [0.25, 0.3) is 0 Å². The Kier molecular flexibility index (Phi) is 3.52. The van der Waals surface area contributed by atoms with Crippen molar-refractivity contribution < 1.29 is 26.3 Å². The average Bonchev–Trinajstić information content (AvgIpc) is 2.14. The summed E-state index contributed by atoms with van der Waals surface area (Å²) in [5.41, 5.74) is -3.11. The van der Waals surface area contributed by atoms with Crippen LogP contribution in [0.4, 0.5) is 26.3 Å². The molecule has 17 heavy (non-hydrogen) atoms. The van der Waals surface area contributed by atoms with Gasteiger partial charge >= 0.3 is 12.4 Å². The summed E-state index contributed by atoms with van der Waals surface area (Å²) in [6, 6.07) is 1.15.